The summed E-state index contributed by atoms with van der Waals surface area (Å²) in [5, 5.41) is 15.8. The average molecular weight is 774 g/mol. The highest BCUT2D eigenvalue weighted by molar-refractivity contribution is 7.91. The van der Waals surface area contributed by atoms with E-state index in [-0.39, 0.29) is 48.2 Å². The molecule has 17 heteroatoms. The van der Waals surface area contributed by atoms with Gasteiger partial charge < -0.3 is 34.9 Å². The summed E-state index contributed by atoms with van der Waals surface area (Å²) in [7, 11) is -1.31. The summed E-state index contributed by atoms with van der Waals surface area (Å²) >= 11 is 0. The van der Waals surface area contributed by atoms with Crippen molar-refractivity contribution in [3.63, 3.8) is 0 Å². The van der Waals surface area contributed by atoms with Crippen LogP contribution in [0.4, 0.5) is 9.18 Å². The van der Waals surface area contributed by atoms with Gasteiger partial charge in [0.05, 0.1) is 25.5 Å². The maximum Gasteiger partial charge on any atom is 0.405 e. The molecule has 1 aromatic heterocycles. The number of nitrogens with zero attached hydrogens (tertiary/aromatic N) is 2. The molecule has 2 aliphatic carbocycles. The van der Waals surface area contributed by atoms with Crippen LogP contribution in [0.25, 0.3) is 10.8 Å². The molecule has 1 saturated heterocycles. The lowest BCUT2D eigenvalue weighted by Gasteiger charge is -2.33. The van der Waals surface area contributed by atoms with Gasteiger partial charge in [-0.15, -0.1) is 0 Å². The molecule has 0 unspecified atom stereocenters. The van der Waals surface area contributed by atoms with E-state index < -0.39 is 80.0 Å². The van der Waals surface area contributed by atoms with Gasteiger partial charge in [0.25, 0.3) is 5.91 Å². The highest BCUT2D eigenvalue weighted by Crippen LogP contribution is 2.48. The minimum atomic E-state index is -4.04. The van der Waals surface area contributed by atoms with Crippen molar-refractivity contribution >= 4 is 44.6 Å². The quantitative estimate of drug-likeness (QED) is 0.271. The van der Waals surface area contributed by atoms with Crippen molar-refractivity contribution in [3.05, 3.63) is 36.2 Å². The molecule has 3 fully saturated rings. The van der Waals surface area contributed by atoms with Crippen LogP contribution < -0.4 is 29.6 Å². The van der Waals surface area contributed by atoms with Gasteiger partial charge in [-0.2, -0.15) is 4.98 Å². The molecule has 2 aliphatic heterocycles. The number of carbonyl (C=O) groups is 4. The molecule has 1 aromatic carbocycles. The first-order valence-electron chi connectivity index (χ1n) is 18.3. The number of hydrogen-bond donors (Lipinski definition) is 4. The second kappa shape index (κ2) is 14.9. The largest absolute Gasteiger partial charge is 0.494 e. The molecule has 2 aromatic rings. The Morgan fingerprint density at radius 2 is 1.89 bits per heavy atom. The van der Waals surface area contributed by atoms with Crippen LogP contribution in [0.1, 0.15) is 72.1 Å². The van der Waals surface area contributed by atoms with Crippen LogP contribution in [0.2, 0.25) is 0 Å². The second-order valence-corrected chi connectivity index (χ2v) is 17.5. The topological polar surface area (TPSA) is 203 Å². The summed E-state index contributed by atoms with van der Waals surface area (Å²) in [6.45, 7) is 5.26. The number of nitrogens with one attached hydrogen (secondary N) is 3. The van der Waals surface area contributed by atoms with Crippen LogP contribution in [0, 0.1) is 23.6 Å². The maximum atomic E-state index is 14.9. The van der Waals surface area contributed by atoms with Crippen LogP contribution in [0.3, 0.4) is 0 Å². The molecule has 6 rings (SSSR count). The maximum absolute atomic E-state index is 14.9. The predicted molar refractivity (Wildman–Crippen MR) is 194 cm³/mol. The lowest BCUT2D eigenvalue weighted by Crippen LogP contribution is -2.59. The third-order valence-electron chi connectivity index (χ3n) is 11.4. The molecule has 2 saturated carbocycles. The smallest absolute Gasteiger partial charge is 0.405 e. The molecule has 15 nitrogen and oxygen atoms in total. The number of rotatable bonds is 9. The summed E-state index contributed by atoms with van der Waals surface area (Å²) in [4.78, 5) is 60.5. The minimum absolute atomic E-state index is 0.0160. The van der Waals surface area contributed by atoms with Crippen molar-refractivity contribution in [1.29, 1.82) is 0 Å². The number of allylic oxidation sites excluding steroid dienone is 1. The van der Waals surface area contributed by atoms with Crippen molar-refractivity contribution in [1.82, 2.24) is 25.2 Å². The van der Waals surface area contributed by atoms with Gasteiger partial charge in [0, 0.05) is 23.8 Å². The molecule has 294 valence electrons. The number of benzene rings is 1. The Hall–Kier alpha value is -4.67. The van der Waals surface area contributed by atoms with E-state index in [0.29, 0.717) is 43.9 Å². The molecule has 3 heterocycles. The summed E-state index contributed by atoms with van der Waals surface area (Å²) in [6.07, 6.45) is 4.57. The van der Waals surface area contributed by atoms with Crippen molar-refractivity contribution < 1.29 is 51.3 Å². The molecular weight excluding hydrogens is 725 g/mol. The lowest BCUT2D eigenvalue weighted by atomic mass is 9.85. The molecular formula is C37H48FN5O10S. The highest BCUT2D eigenvalue weighted by Gasteiger charge is 2.63. The fraction of sp³-hybridized carbons (Fsp3) is 0.595. The standard InChI is InChI=1S/C37H48FN5O10S/c1-6-21-13-20(2)9-7-8-10-23-18-37(23,34(46)42-54(49,50)36(3)11-12-36)41-31(44)27-16-24(19-43(27)33(45)30(21)40-35(47)48)53-32-25-17-26(38)28(51-4)14-22(25)15-29(39-32)52-5/h8,10,14-15,17,20-21,23-24,27,30,40H,6-7,9,11-13,16,18-19H2,1-5H3,(H,41,44)(H,42,46)(H,47,48)/b10-8-/t20-,21-,23-,24-,27+,30+,37-/m1/s1. The molecule has 7 atom stereocenters. The van der Waals surface area contributed by atoms with Gasteiger partial charge in [-0.25, -0.2) is 17.6 Å². The molecule has 4 amide bonds. The van der Waals surface area contributed by atoms with Crippen molar-refractivity contribution in [2.24, 2.45) is 17.8 Å². The van der Waals surface area contributed by atoms with E-state index in [1.807, 2.05) is 26.0 Å². The average Bonchev–Trinajstić information content (AvgIpc) is 4.00. The lowest BCUT2D eigenvalue weighted by molar-refractivity contribution is -0.142. The summed E-state index contributed by atoms with van der Waals surface area (Å²) in [5.41, 5.74) is -1.60. The zero-order valence-corrected chi connectivity index (χ0v) is 31.8. The number of pyridine rings is 1. The van der Waals surface area contributed by atoms with Gasteiger partial charge in [-0.1, -0.05) is 32.4 Å². The Labute approximate surface area is 313 Å². The first-order valence-corrected chi connectivity index (χ1v) is 19.8. The number of aromatic nitrogens is 1. The minimum Gasteiger partial charge on any atom is -0.494 e. The third kappa shape index (κ3) is 7.64. The Kier molecular flexibility index (Phi) is 10.7. The van der Waals surface area contributed by atoms with E-state index in [1.54, 1.807) is 13.0 Å². The molecule has 54 heavy (non-hydrogen) atoms. The van der Waals surface area contributed by atoms with Crippen LogP contribution in [-0.2, 0) is 24.4 Å². The van der Waals surface area contributed by atoms with E-state index >= 15 is 0 Å². The number of sulfonamides is 1. The monoisotopic (exact) mass is 773 g/mol. The second-order valence-electron chi connectivity index (χ2n) is 15.3. The van der Waals surface area contributed by atoms with Gasteiger partial charge >= 0.3 is 6.09 Å². The van der Waals surface area contributed by atoms with Crippen molar-refractivity contribution in [2.45, 2.75) is 101 Å². The number of carboxylic acid groups (broad SMARTS) is 1. The van der Waals surface area contributed by atoms with Crippen LogP contribution >= 0.6 is 0 Å². The zero-order valence-electron chi connectivity index (χ0n) is 31.0. The van der Waals surface area contributed by atoms with Gasteiger partial charge in [0.15, 0.2) is 11.6 Å². The number of ether oxygens (including phenoxy) is 3. The third-order valence-corrected chi connectivity index (χ3v) is 13.6. The Bertz CT molecular complexity index is 1970. The van der Waals surface area contributed by atoms with Gasteiger partial charge in [-0.05, 0) is 74.8 Å². The first kappa shape index (κ1) is 39.0. The SMILES string of the molecule is CC[C@@H]1C[C@H](C)CC/C=C\[C@@H]2C[C@@]2(C(=O)NS(=O)(=O)C2(C)CC2)NC(=O)[C@@H]2C[C@@H](Oc3nc(OC)cc4cc(OC)c(F)cc34)CN2C(=O)[C@H]1NC(=O)O. The van der Waals surface area contributed by atoms with E-state index in [4.69, 9.17) is 14.2 Å². The van der Waals surface area contributed by atoms with E-state index in [9.17, 15) is 37.1 Å². The number of carbonyl (C=O) groups excluding carboxylic acids is 3. The molecule has 4 N–H and O–H groups in total. The van der Waals surface area contributed by atoms with Crippen LogP contribution in [0.15, 0.2) is 30.4 Å². The number of halogens is 1. The normalized spacial score (nSPS) is 30.1. The molecule has 0 spiro atoms. The van der Waals surface area contributed by atoms with E-state index in [1.165, 1.54) is 31.3 Å². The number of amides is 4. The Balaban J connectivity index is 1.38. The van der Waals surface area contributed by atoms with E-state index in [0.717, 1.165) is 0 Å². The number of methoxy groups -OCH3 is 2. The summed E-state index contributed by atoms with van der Waals surface area (Å²) in [6, 6.07) is 1.75. The van der Waals surface area contributed by atoms with Crippen molar-refractivity contribution in [2.75, 3.05) is 20.8 Å². The predicted octanol–water partition coefficient (Wildman–Crippen LogP) is 3.65. The Morgan fingerprint density at radius 1 is 1.15 bits per heavy atom. The van der Waals surface area contributed by atoms with E-state index in [2.05, 4.69) is 20.3 Å². The van der Waals surface area contributed by atoms with Gasteiger partial charge in [0.1, 0.15) is 23.7 Å². The first-order chi connectivity index (χ1) is 25.5. The highest BCUT2D eigenvalue weighted by atomic mass is 32.2. The van der Waals surface area contributed by atoms with Crippen LogP contribution in [-0.4, -0.2) is 96.5 Å². The van der Waals surface area contributed by atoms with Crippen LogP contribution in [0.5, 0.6) is 17.5 Å². The number of hydrogen-bond acceptors (Lipinski definition) is 10. The Morgan fingerprint density at radius 3 is 2.54 bits per heavy atom. The fourth-order valence-electron chi connectivity index (χ4n) is 7.66. The molecule has 4 aliphatic rings. The van der Waals surface area contributed by atoms with Crippen molar-refractivity contribution in [3.8, 4) is 17.5 Å². The summed E-state index contributed by atoms with van der Waals surface area (Å²) < 4.78 is 59.2. The van der Waals surface area contributed by atoms with Gasteiger partial charge in [0.2, 0.25) is 33.6 Å². The molecule has 0 bridgehead atoms. The number of fused-ring (bicyclic) bond motifs is 3. The summed E-state index contributed by atoms with van der Waals surface area (Å²) in [5.74, 6) is -3.66. The molecule has 0 radical (unpaired) electrons. The zero-order chi connectivity index (χ0) is 39.2. The van der Waals surface area contributed by atoms with Gasteiger partial charge in [-0.3, -0.25) is 19.1 Å². The fourth-order valence-corrected chi connectivity index (χ4v) is 8.97.